The number of phenols is 1. The second-order valence-corrected chi connectivity index (χ2v) is 9.24. The molecule has 4 aromatic rings. The summed E-state index contributed by atoms with van der Waals surface area (Å²) in [5.41, 5.74) is 1.46. The van der Waals surface area contributed by atoms with Crippen LogP contribution in [0.3, 0.4) is 0 Å². The van der Waals surface area contributed by atoms with Gasteiger partial charge in [0.2, 0.25) is 0 Å². The number of phenolic OH excluding ortho intramolecular Hbond substituents is 1. The Hall–Kier alpha value is -3.70. The fourth-order valence-corrected chi connectivity index (χ4v) is 4.69. The quantitative estimate of drug-likeness (QED) is 0.292. The van der Waals surface area contributed by atoms with Gasteiger partial charge in [0.15, 0.2) is 17.4 Å². The van der Waals surface area contributed by atoms with Crippen molar-refractivity contribution in [2.45, 2.75) is 0 Å². The van der Waals surface area contributed by atoms with Gasteiger partial charge in [0, 0.05) is 36.8 Å². The number of anilines is 5. The number of pyridine rings is 1. The maximum absolute atomic E-state index is 13.2. The third-order valence-corrected chi connectivity index (χ3v) is 6.90. The Bertz CT molecular complexity index is 1330. The number of aromatic nitrogens is 3. The molecule has 5 rings (SSSR count). The first kappa shape index (κ1) is 23.1. The van der Waals surface area contributed by atoms with Crippen molar-refractivity contribution in [3.8, 4) is 5.75 Å². The van der Waals surface area contributed by atoms with Crippen molar-refractivity contribution >= 4 is 62.4 Å². The highest BCUT2D eigenvalue weighted by Crippen LogP contribution is 2.35. The zero-order valence-corrected chi connectivity index (χ0v) is 21.0. The van der Waals surface area contributed by atoms with Crippen molar-refractivity contribution < 1.29 is 9.90 Å². The van der Waals surface area contributed by atoms with Crippen LogP contribution in [0.4, 0.5) is 28.8 Å². The summed E-state index contributed by atoms with van der Waals surface area (Å²) in [6.45, 7) is 2.44. The Kier molecular flexibility index (Phi) is 6.77. The van der Waals surface area contributed by atoms with E-state index in [-0.39, 0.29) is 17.2 Å². The molecule has 3 heterocycles. The van der Waals surface area contributed by atoms with Gasteiger partial charge in [0.1, 0.15) is 5.82 Å². The van der Waals surface area contributed by atoms with Crippen LogP contribution in [0.2, 0.25) is 0 Å². The molecule has 11 heteroatoms. The molecule has 1 amide bonds. The van der Waals surface area contributed by atoms with Gasteiger partial charge in [0.05, 0.1) is 28.7 Å². The molecule has 3 N–H and O–H groups in total. The normalized spacial score (nSPS) is 13.5. The maximum Gasteiger partial charge on any atom is 0.257 e. The van der Waals surface area contributed by atoms with Crippen molar-refractivity contribution in [2.75, 3.05) is 41.7 Å². The molecule has 1 saturated heterocycles. The highest BCUT2D eigenvalue weighted by atomic mass is 79.9. The molecule has 1 aliphatic heterocycles. The number of nitrogens with one attached hydrogen (secondary N) is 2. The summed E-state index contributed by atoms with van der Waals surface area (Å²) in [7, 11) is 0. The lowest BCUT2D eigenvalue weighted by Crippen LogP contribution is -2.49. The van der Waals surface area contributed by atoms with E-state index in [9.17, 15) is 9.90 Å². The number of carbonyl (C=O) groups is 1. The minimum absolute atomic E-state index is 0.121. The van der Waals surface area contributed by atoms with E-state index in [2.05, 4.69) is 45.2 Å². The van der Waals surface area contributed by atoms with E-state index in [1.54, 1.807) is 29.3 Å². The monoisotopic (exact) mass is 551 g/mol. The van der Waals surface area contributed by atoms with Gasteiger partial charge in [-0.1, -0.05) is 24.3 Å². The zero-order chi connectivity index (χ0) is 24.2. The number of amides is 1. The van der Waals surface area contributed by atoms with Crippen LogP contribution in [-0.4, -0.2) is 55.8 Å². The molecular formula is C24H22BrN7O2S. The molecule has 0 spiro atoms. The summed E-state index contributed by atoms with van der Waals surface area (Å²) in [4.78, 5) is 21.5. The summed E-state index contributed by atoms with van der Waals surface area (Å²) in [6, 6.07) is 18.5. The van der Waals surface area contributed by atoms with Gasteiger partial charge in [-0.05, 0) is 52.3 Å². The first-order valence-electron chi connectivity index (χ1n) is 11.0. The Labute approximate surface area is 214 Å². The fourth-order valence-electron chi connectivity index (χ4n) is 3.84. The van der Waals surface area contributed by atoms with E-state index in [1.165, 1.54) is 0 Å². The van der Waals surface area contributed by atoms with Crippen molar-refractivity contribution in [2.24, 2.45) is 0 Å². The molecule has 0 atom stereocenters. The summed E-state index contributed by atoms with van der Waals surface area (Å²) in [6.07, 6.45) is 1.76. The van der Waals surface area contributed by atoms with Crippen LogP contribution in [-0.2, 0) is 0 Å². The average Bonchev–Trinajstić information content (AvgIpc) is 3.33. The number of hydrogen-bond donors (Lipinski definition) is 3. The van der Waals surface area contributed by atoms with Crippen LogP contribution in [0.5, 0.6) is 5.75 Å². The number of carbonyl (C=O) groups excluding carboxylic acids is 1. The van der Waals surface area contributed by atoms with Crippen LogP contribution in [0.1, 0.15) is 10.4 Å². The molecule has 9 nitrogen and oxygen atoms in total. The number of piperazine rings is 1. The summed E-state index contributed by atoms with van der Waals surface area (Å²) < 4.78 is 9.50. The van der Waals surface area contributed by atoms with Crippen LogP contribution in [0, 0.1) is 0 Å². The lowest BCUT2D eigenvalue weighted by molar-refractivity contribution is 0.0743. The van der Waals surface area contributed by atoms with Gasteiger partial charge in [0.25, 0.3) is 5.91 Å². The molecule has 1 fully saturated rings. The number of halogens is 1. The summed E-state index contributed by atoms with van der Waals surface area (Å²) in [5, 5.41) is 17.3. The number of benzene rings is 2. The number of hydrogen-bond acceptors (Lipinski definition) is 9. The summed E-state index contributed by atoms with van der Waals surface area (Å²) in [5.74, 6) is 1.54. The smallest absolute Gasteiger partial charge is 0.257 e. The second kappa shape index (κ2) is 10.3. The standard InChI is InChI=1S/C24H22BrN7O2S/c25-17-7-1-2-8-18(17)27-22-23(30-35-29-22)28-19-9-5-6-16(21(19)33)24(34)32-14-12-31(13-15-32)20-10-3-4-11-26-20/h1-11,33H,12-15H2,(H,27,29)(H,28,30). The molecular weight excluding hydrogens is 530 g/mol. The van der Waals surface area contributed by atoms with Gasteiger partial charge < -0.3 is 25.5 Å². The SMILES string of the molecule is O=C(c1cccc(Nc2nsnc2Nc2ccccc2Br)c1O)N1CCN(c2ccccn2)CC1. The summed E-state index contributed by atoms with van der Waals surface area (Å²) >= 11 is 4.55. The molecule has 0 radical (unpaired) electrons. The predicted molar refractivity (Wildman–Crippen MR) is 141 cm³/mol. The van der Waals surface area contributed by atoms with E-state index < -0.39 is 0 Å². The second-order valence-electron chi connectivity index (χ2n) is 7.86. The fraction of sp³-hybridized carbons (Fsp3) is 0.167. The van der Waals surface area contributed by atoms with E-state index in [4.69, 9.17) is 0 Å². The largest absolute Gasteiger partial charge is 0.505 e. The molecule has 2 aromatic heterocycles. The molecule has 178 valence electrons. The first-order chi connectivity index (χ1) is 17.1. The van der Waals surface area contributed by atoms with E-state index >= 15 is 0 Å². The van der Waals surface area contributed by atoms with Gasteiger partial charge in [-0.15, -0.1) is 0 Å². The predicted octanol–water partition coefficient (Wildman–Crippen LogP) is 4.85. The van der Waals surface area contributed by atoms with E-state index in [1.807, 2.05) is 42.5 Å². The molecule has 0 saturated carbocycles. The Balaban J connectivity index is 1.29. The van der Waals surface area contributed by atoms with Gasteiger partial charge in [-0.3, -0.25) is 4.79 Å². The minimum atomic E-state index is -0.213. The molecule has 0 aliphatic carbocycles. The molecule has 0 bridgehead atoms. The molecule has 1 aliphatic rings. The van der Waals surface area contributed by atoms with Gasteiger partial charge in [-0.2, -0.15) is 8.75 Å². The van der Waals surface area contributed by atoms with Crippen LogP contribution < -0.4 is 15.5 Å². The number of nitrogens with zero attached hydrogens (tertiary/aromatic N) is 5. The number of para-hydroxylation sites is 2. The lowest BCUT2D eigenvalue weighted by Gasteiger charge is -2.35. The van der Waals surface area contributed by atoms with Crippen molar-refractivity contribution in [3.05, 3.63) is 76.9 Å². The molecule has 35 heavy (non-hydrogen) atoms. The third-order valence-electron chi connectivity index (χ3n) is 5.68. The molecule has 2 aromatic carbocycles. The topological polar surface area (TPSA) is 107 Å². The Morgan fingerprint density at radius 3 is 2.29 bits per heavy atom. The van der Waals surface area contributed by atoms with Crippen molar-refractivity contribution in [3.63, 3.8) is 0 Å². The van der Waals surface area contributed by atoms with Crippen LogP contribution >= 0.6 is 27.7 Å². The van der Waals surface area contributed by atoms with E-state index in [0.29, 0.717) is 43.5 Å². The zero-order valence-electron chi connectivity index (χ0n) is 18.6. The third kappa shape index (κ3) is 5.05. The van der Waals surface area contributed by atoms with E-state index in [0.717, 1.165) is 27.7 Å². The van der Waals surface area contributed by atoms with Crippen LogP contribution in [0.15, 0.2) is 71.3 Å². The maximum atomic E-state index is 13.2. The lowest BCUT2D eigenvalue weighted by atomic mass is 10.1. The van der Waals surface area contributed by atoms with Gasteiger partial charge in [-0.25, -0.2) is 4.98 Å². The Morgan fingerprint density at radius 1 is 0.886 bits per heavy atom. The first-order valence-corrected chi connectivity index (χ1v) is 12.5. The average molecular weight is 552 g/mol. The molecule has 0 unspecified atom stereocenters. The number of aromatic hydroxyl groups is 1. The highest BCUT2D eigenvalue weighted by molar-refractivity contribution is 9.10. The number of rotatable bonds is 6. The van der Waals surface area contributed by atoms with Crippen molar-refractivity contribution in [1.29, 1.82) is 0 Å². The Morgan fingerprint density at radius 2 is 1.57 bits per heavy atom. The van der Waals surface area contributed by atoms with Crippen LogP contribution in [0.25, 0.3) is 0 Å². The van der Waals surface area contributed by atoms with Gasteiger partial charge >= 0.3 is 0 Å². The minimum Gasteiger partial charge on any atom is -0.505 e. The van der Waals surface area contributed by atoms with Crippen molar-refractivity contribution in [1.82, 2.24) is 18.6 Å². The highest BCUT2D eigenvalue weighted by Gasteiger charge is 2.25.